The maximum atomic E-state index is 6.09. The van der Waals surface area contributed by atoms with Crippen molar-refractivity contribution in [1.29, 1.82) is 0 Å². The average molecular weight is 329 g/mol. The van der Waals surface area contributed by atoms with E-state index < -0.39 is 0 Å². The standard InChI is InChI=1S/C15H21ClN2O2S/c1-19-13-9-12(14(20-2)8-11(13)16)18-15(21)17-10-6-4-3-5-7-10/h8-10H,3-7H2,1-2H3,(H2,17,18,21). The molecule has 0 aromatic heterocycles. The molecule has 1 aromatic carbocycles. The molecule has 2 rings (SSSR count). The molecule has 4 nitrogen and oxygen atoms in total. The molecule has 0 spiro atoms. The monoisotopic (exact) mass is 328 g/mol. The van der Waals surface area contributed by atoms with Crippen molar-refractivity contribution in [2.45, 2.75) is 38.1 Å². The predicted molar refractivity (Wildman–Crippen MR) is 90.8 cm³/mol. The highest BCUT2D eigenvalue weighted by Crippen LogP contribution is 2.35. The Hall–Kier alpha value is -1.20. The van der Waals surface area contributed by atoms with Crippen LogP contribution in [0.3, 0.4) is 0 Å². The molecule has 1 saturated carbocycles. The molecule has 0 saturated heterocycles. The van der Waals surface area contributed by atoms with Crippen LogP contribution >= 0.6 is 23.8 Å². The highest BCUT2D eigenvalue weighted by Gasteiger charge is 2.16. The fourth-order valence-corrected chi connectivity index (χ4v) is 3.06. The highest BCUT2D eigenvalue weighted by molar-refractivity contribution is 7.80. The summed E-state index contributed by atoms with van der Waals surface area (Å²) in [5.41, 5.74) is 0.743. The van der Waals surface area contributed by atoms with Crippen LogP contribution in [0.1, 0.15) is 32.1 Å². The Bertz CT molecular complexity index is 505. The van der Waals surface area contributed by atoms with E-state index in [2.05, 4.69) is 10.6 Å². The third kappa shape index (κ3) is 4.38. The van der Waals surface area contributed by atoms with Gasteiger partial charge in [-0.15, -0.1) is 0 Å². The molecule has 1 aliphatic carbocycles. The SMILES string of the molecule is COc1cc(NC(=S)NC2CCCCC2)c(OC)cc1Cl. The van der Waals surface area contributed by atoms with Gasteiger partial charge in [0.1, 0.15) is 11.5 Å². The number of thiocarbonyl (C=S) groups is 1. The van der Waals surface area contributed by atoms with Crippen molar-refractivity contribution < 1.29 is 9.47 Å². The van der Waals surface area contributed by atoms with Gasteiger partial charge in [-0.25, -0.2) is 0 Å². The Morgan fingerprint density at radius 1 is 1.14 bits per heavy atom. The van der Waals surface area contributed by atoms with Gasteiger partial charge in [0.15, 0.2) is 5.11 Å². The quantitative estimate of drug-likeness (QED) is 0.818. The zero-order valence-corrected chi connectivity index (χ0v) is 13.9. The van der Waals surface area contributed by atoms with E-state index in [1.54, 1.807) is 26.4 Å². The summed E-state index contributed by atoms with van der Waals surface area (Å²) >= 11 is 11.5. The zero-order valence-electron chi connectivity index (χ0n) is 12.4. The van der Waals surface area contributed by atoms with Gasteiger partial charge >= 0.3 is 0 Å². The lowest BCUT2D eigenvalue weighted by Crippen LogP contribution is -2.38. The number of methoxy groups -OCH3 is 2. The Morgan fingerprint density at radius 2 is 1.81 bits per heavy atom. The number of halogens is 1. The van der Waals surface area contributed by atoms with Crippen molar-refractivity contribution in [3.8, 4) is 11.5 Å². The van der Waals surface area contributed by atoms with Crippen LogP contribution in [0.2, 0.25) is 5.02 Å². The van der Waals surface area contributed by atoms with Crippen LogP contribution in [0.5, 0.6) is 11.5 Å². The number of hydrogen-bond donors (Lipinski definition) is 2. The summed E-state index contributed by atoms with van der Waals surface area (Å²) < 4.78 is 10.6. The van der Waals surface area contributed by atoms with E-state index in [4.69, 9.17) is 33.3 Å². The molecule has 21 heavy (non-hydrogen) atoms. The Balaban J connectivity index is 2.05. The number of ether oxygens (including phenoxy) is 2. The topological polar surface area (TPSA) is 42.5 Å². The second kappa shape index (κ2) is 7.71. The van der Waals surface area contributed by atoms with Gasteiger partial charge in [0.05, 0.1) is 24.9 Å². The smallest absolute Gasteiger partial charge is 0.171 e. The van der Waals surface area contributed by atoms with Gasteiger partial charge < -0.3 is 20.1 Å². The zero-order chi connectivity index (χ0) is 15.2. The van der Waals surface area contributed by atoms with E-state index in [9.17, 15) is 0 Å². The molecule has 0 radical (unpaired) electrons. The third-order valence-corrected chi connectivity index (χ3v) is 4.18. The molecule has 1 aliphatic rings. The first-order valence-electron chi connectivity index (χ1n) is 7.13. The number of rotatable bonds is 4. The van der Waals surface area contributed by atoms with E-state index in [1.165, 1.54) is 32.1 Å². The first-order valence-corrected chi connectivity index (χ1v) is 7.91. The minimum atomic E-state index is 0.457. The van der Waals surface area contributed by atoms with Gasteiger partial charge in [0.25, 0.3) is 0 Å². The molecule has 1 aromatic rings. The van der Waals surface area contributed by atoms with Gasteiger partial charge in [-0.2, -0.15) is 0 Å². The molecule has 6 heteroatoms. The molecule has 0 unspecified atom stereocenters. The molecule has 0 bridgehead atoms. The minimum Gasteiger partial charge on any atom is -0.495 e. The predicted octanol–water partition coefficient (Wildman–Crippen LogP) is 3.98. The lowest BCUT2D eigenvalue weighted by molar-refractivity contribution is 0.404. The van der Waals surface area contributed by atoms with Crippen LogP contribution in [-0.4, -0.2) is 25.4 Å². The molecule has 2 N–H and O–H groups in total. The van der Waals surface area contributed by atoms with Crippen LogP contribution < -0.4 is 20.1 Å². The maximum Gasteiger partial charge on any atom is 0.171 e. The highest BCUT2D eigenvalue weighted by atomic mass is 35.5. The molecule has 0 atom stereocenters. The largest absolute Gasteiger partial charge is 0.495 e. The van der Waals surface area contributed by atoms with Crippen molar-refractivity contribution in [2.24, 2.45) is 0 Å². The van der Waals surface area contributed by atoms with E-state index in [1.807, 2.05) is 0 Å². The normalized spacial score (nSPS) is 15.4. The maximum absolute atomic E-state index is 6.09. The van der Waals surface area contributed by atoms with Crippen LogP contribution in [0.4, 0.5) is 5.69 Å². The van der Waals surface area contributed by atoms with Crippen molar-refractivity contribution in [3.63, 3.8) is 0 Å². The van der Waals surface area contributed by atoms with Gasteiger partial charge in [-0.1, -0.05) is 30.9 Å². The average Bonchev–Trinajstić information content (AvgIpc) is 2.49. The van der Waals surface area contributed by atoms with Crippen molar-refractivity contribution >= 4 is 34.6 Å². The summed E-state index contributed by atoms with van der Waals surface area (Å²) in [5.74, 6) is 1.22. The van der Waals surface area contributed by atoms with Crippen molar-refractivity contribution in [3.05, 3.63) is 17.2 Å². The lowest BCUT2D eigenvalue weighted by atomic mass is 9.96. The van der Waals surface area contributed by atoms with Gasteiger partial charge in [0.2, 0.25) is 0 Å². The number of benzene rings is 1. The summed E-state index contributed by atoms with van der Waals surface area (Å²) in [6.07, 6.45) is 6.18. The first-order chi connectivity index (χ1) is 10.1. The van der Waals surface area contributed by atoms with Crippen LogP contribution in [-0.2, 0) is 0 Å². The van der Waals surface area contributed by atoms with E-state index in [-0.39, 0.29) is 0 Å². The fraction of sp³-hybridized carbons (Fsp3) is 0.533. The Kier molecular flexibility index (Phi) is 5.94. The van der Waals surface area contributed by atoms with Crippen LogP contribution in [0.25, 0.3) is 0 Å². The van der Waals surface area contributed by atoms with E-state index in [0.29, 0.717) is 27.7 Å². The third-order valence-electron chi connectivity index (χ3n) is 3.66. The molecular weight excluding hydrogens is 308 g/mol. The lowest BCUT2D eigenvalue weighted by Gasteiger charge is -2.24. The summed E-state index contributed by atoms with van der Waals surface area (Å²) in [4.78, 5) is 0. The second-order valence-electron chi connectivity index (χ2n) is 5.12. The first kappa shape index (κ1) is 16.2. The van der Waals surface area contributed by atoms with E-state index >= 15 is 0 Å². The van der Waals surface area contributed by atoms with Crippen molar-refractivity contribution in [2.75, 3.05) is 19.5 Å². The Labute approximate surface area is 136 Å². The van der Waals surface area contributed by atoms with Crippen LogP contribution in [0, 0.1) is 0 Å². The summed E-state index contributed by atoms with van der Waals surface area (Å²) in [5, 5.41) is 7.64. The Morgan fingerprint density at radius 3 is 2.43 bits per heavy atom. The molecule has 0 amide bonds. The van der Waals surface area contributed by atoms with Gasteiger partial charge in [-0.05, 0) is 25.1 Å². The molecule has 0 aliphatic heterocycles. The molecule has 1 fully saturated rings. The summed E-state index contributed by atoms with van der Waals surface area (Å²) in [6.45, 7) is 0. The molecular formula is C15H21ClN2O2S. The van der Waals surface area contributed by atoms with Crippen molar-refractivity contribution in [1.82, 2.24) is 5.32 Å². The summed E-state index contributed by atoms with van der Waals surface area (Å²) in [7, 11) is 3.18. The number of nitrogens with one attached hydrogen (secondary N) is 2. The van der Waals surface area contributed by atoms with Crippen LogP contribution in [0.15, 0.2) is 12.1 Å². The number of hydrogen-bond acceptors (Lipinski definition) is 3. The van der Waals surface area contributed by atoms with Gasteiger partial charge in [-0.3, -0.25) is 0 Å². The van der Waals surface area contributed by atoms with E-state index in [0.717, 1.165) is 5.69 Å². The number of anilines is 1. The minimum absolute atomic E-state index is 0.457. The fourth-order valence-electron chi connectivity index (χ4n) is 2.55. The summed E-state index contributed by atoms with van der Waals surface area (Å²) in [6, 6.07) is 3.96. The van der Waals surface area contributed by atoms with Gasteiger partial charge in [0, 0.05) is 18.2 Å². The molecule has 116 valence electrons. The second-order valence-corrected chi connectivity index (χ2v) is 5.94. The molecule has 0 heterocycles.